The maximum Gasteiger partial charge on any atom is 0.0787 e. The molecule has 0 N–H and O–H groups in total. The van der Waals surface area contributed by atoms with Crippen molar-refractivity contribution < 1.29 is 0 Å². The fraction of sp³-hybridized carbons (Fsp3) is 0.0455. The number of aromatic nitrogens is 1. The molecule has 0 aliphatic rings. The highest BCUT2D eigenvalue weighted by Crippen LogP contribution is 2.32. The first-order valence-electron chi connectivity index (χ1n) is 7.84. The Morgan fingerprint density at radius 1 is 0.609 bits per heavy atom. The normalized spacial score (nSPS) is 10.8. The van der Waals surface area contributed by atoms with Crippen LogP contribution in [-0.2, 0) is 0 Å². The molecular weight excluding hydrogens is 278 g/mol. The molecule has 4 rings (SSSR count). The van der Waals surface area contributed by atoms with E-state index in [1.54, 1.807) is 0 Å². The molecule has 110 valence electrons. The van der Waals surface area contributed by atoms with Gasteiger partial charge in [0.2, 0.25) is 0 Å². The maximum absolute atomic E-state index is 4.98. The van der Waals surface area contributed by atoms with Crippen molar-refractivity contribution in [2.45, 2.75) is 6.92 Å². The van der Waals surface area contributed by atoms with Crippen molar-refractivity contribution in [3.63, 3.8) is 0 Å². The SMILES string of the molecule is Cc1cccc2c(-c3ccccc3)nc(-c3ccccc3)cc12. The van der Waals surface area contributed by atoms with E-state index in [2.05, 4.69) is 79.7 Å². The molecule has 3 aromatic carbocycles. The fourth-order valence-electron chi connectivity index (χ4n) is 3.00. The largest absolute Gasteiger partial charge is 0.247 e. The van der Waals surface area contributed by atoms with Gasteiger partial charge in [-0.25, -0.2) is 4.98 Å². The van der Waals surface area contributed by atoms with Gasteiger partial charge < -0.3 is 0 Å². The summed E-state index contributed by atoms with van der Waals surface area (Å²) in [6.07, 6.45) is 0. The average Bonchev–Trinajstić information content (AvgIpc) is 2.63. The van der Waals surface area contributed by atoms with E-state index in [0.29, 0.717) is 0 Å². The first-order valence-corrected chi connectivity index (χ1v) is 7.84. The van der Waals surface area contributed by atoms with Crippen molar-refractivity contribution >= 4 is 10.8 Å². The Hall–Kier alpha value is -2.93. The fourth-order valence-corrected chi connectivity index (χ4v) is 3.00. The first-order chi connectivity index (χ1) is 11.3. The van der Waals surface area contributed by atoms with Crippen LogP contribution in [0.4, 0.5) is 0 Å². The lowest BCUT2D eigenvalue weighted by molar-refractivity contribution is 1.34. The van der Waals surface area contributed by atoms with E-state index in [9.17, 15) is 0 Å². The second-order valence-corrected chi connectivity index (χ2v) is 5.76. The summed E-state index contributed by atoms with van der Waals surface area (Å²) >= 11 is 0. The summed E-state index contributed by atoms with van der Waals surface area (Å²) in [4.78, 5) is 4.98. The minimum Gasteiger partial charge on any atom is -0.247 e. The van der Waals surface area contributed by atoms with Crippen molar-refractivity contribution in [2.75, 3.05) is 0 Å². The number of pyridine rings is 1. The third kappa shape index (κ3) is 2.51. The molecule has 1 heterocycles. The molecule has 4 aromatic rings. The van der Waals surface area contributed by atoms with Crippen molar-refractivity contribution in [2.24, 2.45) is 0 Å². The van der Waals surface area contributed by atoms with Crippen LogP contribution >= 0.6 is 0 Å². The Kier molecular flexibility index (Phi) is 3.39. The predicted octanol–water partition coefficient (Wildman–Crippen LogP) is 5.88. The molecule has 0 unspecified atom stereocenters. The number of hydrogen-bond acceptors (Lipinski definition) is 1. The molecule has 0 bridgehead atoms. The topological polar surface area (TPSA) is 12.9 Å². The van der Waals surface area contributed by atoms with E-state index in [-0.39, 0.29) is 0 Å². The van der Waals surface area contributed by atoms with E-state index in [1.807, 2.05) is 12.1 Å². The maximum atomic E-state index is 4.98. The van der Waals surface area contributed by atoms with Crippen LogP contribution in [-0.4, -0.2) is 4.98 Å². The molecule has 1 aromatic heterocycles. The zero-order valence-corrected chi connectivity index (χ0v) is 13.0. The van der Waals surface area contributed by atoms with Gasteiger partial charge in [-0.05, 0) is 23.9 Å². The van der Waals surface area contributed by atoms with Gasteiger partial charge in [0.1, 0.15) is 0 Å². The number of hydrogen-bond donors (Lipinski definition) is 0. The lowest BCUT2D eigenvalue weighted by atomic mass is 9.98. The molecule has 23 heavy (non-hydrogen) atoms. The van der Waals surface area contributed by atoms with Crippen LogP contribution in [0.3, 0.4) is 0 Å². The predicted molar refractivity (Wildman–Crippen MR) is 97.4 cm³/mol. The third-order valence-corrected chi connectivity index (χ3v) is 4.21. The molecule has 0 atom stereocenters. The van der Waals surface area contributed by atoms with Gasteiger partial charge in [-0.2, -0.15) is 0 Å². The Morgan fingerprint density at radius 2 is 1.26 bits per heavy atom. The van der Waals surface area contributed by atoms with Crippen LogP contribution in [0.15, 0.2) is 84.9 Å². The van der Waals surface area contributed by atoms with Crippen molar-refractivity contribution in [3.8, 4) is 22.5 Å². The monoisotopic (exact) mass is 295 g/mol. The van der Waals surface area contributed by atoms with Gasteiger partial charge in [0.25, 0.3) is 0 Å². The number of benzene rings is 3. The minimum absolute atomic E-state index is 1.02. The lowest BCUT2D eigenvalue weighted by Gasteiger charge is -2.11. The molecule has 0 aliphatic carbocycles. The Labute approximate surface area is 136 Å². The van der Waals surface area contributed by atoms with Crippen LogP contribution in [0.25, 0.3) is 33.3 Å². The number of aryl methyl sites for hydroxylation is 1. The Bertz CT molecular complexity index is 957. The zero-order valence-electron chi connectivity index (χ0n) is 13.0. The average molecular weight is 295 g/mol. The summed E-state index contributed by atoms with van der Waals surface area (Å²) in [7, 11) is 0. The van der Waals surface area contributed by atoms with E-state index >= 15 is 0 Å². The summed E-state index contributed by atoms with van der Waals surface area (Å²) < 4.78 is 0. The minimum atomic E-state index is 1.02. The van der Waals surface area contributed by atoms with Crippen molar-refractivity contribution in [1.82, 2.24) is 4.98 Å². The van der Waals surface area contributed by atoms with Gasteiger partial charge >= 0.3 is 0 Å². The van der Waals surface area contributed by atoms with Gasteiger partial charge in [-0.15, -0.1) is 0 Å². The molecule has 0 amide bonds. The summed E-state index contributed by atoms with van der Waals surface area (Å²) in [6.45, 7) is 2.16. The molecular formula is C22H17N. The summed E-state index contributed by atoms with van der Waals surface area (Å²) in [5, 5.41) is 2.47. The highest BCUT2D eigenvalue weighted by molar-refractivity contribution is 5.98. The lowest BCUT2D eigenvalue weighted by Crippen LogP contribution is -1.92. The molecule has 0 aliphatic heterocycles. The molecule has 0 spiro atoms. The molecule has 1 nitrogen and oxygen atoms in total. The summed E-state index contributed by atoms with van der Waals surface area (Å²) in [5.41, 5.74) is 5.65. The molecule has 0 saturated heterocycles. The van der Waals surface area contributed by atoms with E-state index in [0.717, 1.165) is 22.5 Å². The number of fused-ring (bicyclic) bond motifs is 1. The zero-order chi connectivity index (χ0) is 15.6. The van der Waals surface area contributed by atoms with Crippen LogP contribution in [0.2, 0.25) is 0 Å². The summed E-state index contributed by atoms with van der Waals surface area (Å²) in [5.74, 6) is 0. The van der Waals surface area contributed by atoms with Crippen molar-refractivity contribution in [1.29, 1.82) is 0 Å². The van der Waals surface area contributed by atoms with Gasteiger partial charge in [-0.3, -0.25) is 0 Å². The quantitative estimate of drug-likeness (QED) is 0.450. The molecule has 1 heteroatoms. The highest BCUT2D eigenvalue weighted by atomic mass is 14.7. The molecule has 0 fully saturated rings. The second kappa shape index (κ2) is 5.69. The van der Waals surface area contributed by atoms with Crippen LogP contribution in [0, 0.1) is 6.92 Å². The van der Waals surface area contributed by atoms with E-state index in [1.165, 1.54) is 16.3 Å². The second-order valence-electron chi connectivity index (χ2n) is 5.76. The van der Waals surface area contributed by atoms with Gasteiger partial charge in [0.15, 0.2) is 0 Å². The highest BCUT2D eigenvalue weighted by Gasteiger charge is 2.10. The third-order valence-electron chi connectivity index (χ3n) is 4.21. The molecule has 0 saturated carbocycles. The number of rotatable bonds is 2. The molecule has 0 radical (unpaired) electrons. The van der Waals surface area contributed by atoms with Crippen molar-refractivity contribution in [3.05, 3.63) is 90.5 Å². The smallest absolute Gasteiger partial charge is 0.0787 e. The van der Waals surface area contributed by atoms with Crippen LogP contribution in [0.5, 0.6) is 0 Å². The van der Waals surface area contributed by atoms with Gasteiger partial charge in [0, 0.05) is 16.5 Å². The summed E-state index contributed by atoms with van der Waals surface area (Å²) in [6, 6.07) is 29.4. The van der Waals surface area contributed by atoms with E-state index < -0.39 is 0 Å². The number of nitrogens with zero attached hydrogens (tertiary/aromatic N) is 1. The van der Waals surface area contributed by atoms with E-state index in [4.69, 9.17) is 4.98 Å². The first kappa shape index (κ1) is 13.7. The Balaban J connectivity index is 2.06. The Morgan fingerprint density at radius 3 is 1.96 bits per heavy atom. The van der Waals surface area contributed by atoms with Crippen LogP contribution < -0.4 is 0 Å². The van der Waals surface area contributed by atoms with Gasteiger partial charge in [0.05, 0.1) is 11.4 Å². The van der Waals surface area contributed by atoms with Crippen LogP contribution in [0.1, 0.15) is 5.56 Å². The standard InChI is InChI=1S/C22H17N/c1-16-9-8-14-19-20(16)15-21(17-10-4-2-5-11-17)23-22(19)18-12-6-3-7-13-18/h2-15H,1H3. The van der Waals surface area contributed by atoms with Gasteiger partial charge in [-0.1, -0.05) is 78.9 Å².